The first-order valence-corrected chi connectivity index (χ1v) is 8.22. The van der Waals surface area contributed by atoms with Crippen LogP contribution in [0.4, 0.5) is 0 Å². The van der Waals surface area contributed by atoms with Crippen LogP contribution in [0.5, 0.6) is 0 Å². The van der Waals surface area contributed by atoms with Crippen molar-refractivity contribution in [2.24, 2.45) is 5.41 Å². The molecule has 0 aliphatic rings. The van der Waals surface area contributed by atoms with E-state index >= 15 is 0 Å². The van der Waals surface area contributed by atoms with Gasteiger partial charge in [-0.05, 0) is 24.3 Å². The molecule has 0 amide bonds. The highest BCUT2D eigenvalue weighted by Crippen LogP contribution is 2.18. The van der Waals surface area contributed by atoms with Crippen molar-refractivity contribution in [3.63, 3.8) is 0 Å². The van der Waals surface area contributed by atoms with E-state index in [1.807, 2.05) is 0 Å². The van der Waals surface area contributed by atoms with E-state index in [0.717, 1.165) is 19.5 Å². The Morgan fingerprint density at radius 3 is 2.05 bits per heavy atom. The molecule has 1 aromatic heterocycles. The van der Waals surface area contributed by atoms with Crippen LogP contribution in [0.15, 0.2) is 24.4 Å². The van der Waals surface area contributed by atoms with Crippen molar-refractivity contribution in [1.82, 2.24) is 0 Å². The maximum absolute atomic E-state index is 2.52. The van der Waals surface area contributed by atoms with Gasteiger partial charge in [-0.1, -0.05) is 52.1 Å². The fourth-order valence-corrected chi connectivity index (χ4v) is 2.44. The molecule has 0 aliphatic heterocycles. The molecule has 2 nitrogen and oxygen atoms in total. The van der Waals surface area contributed by atoms with Crippen molar-refractivity contribution in [2.75, 3.05) is 18.1 Å². The Bertz CT molecular complexity index is 377. The quantitative estimate of drug-likeness (QED) is 0.652. The van der Waals surface area contributed by atoms with Gasteiger partial charge in [0.05, 0.1) is 13.1 Å². The largest absolute Gasteiger partial charge is 1.00 e. The van der Waals surface area contributed by atoms with Crippen molar-refractivity contribution in [1.29, 1.82) is 0 Å². The Balaban J connectivity index is 0.00000400. The van der Waals surface area contributed by atoms with Gasteiger partial charge in [0.25, 0.3) is 0 Å². The van der Waals surface area contributed by atoms with E-state index in [1.165, 1.54) is 31.4 Å². The maximum atomic E-state index is 2.52. The molecule has 0 radical (unpaired) electrons. The molecule has 0 aromatic carbocycles. The van der Waals surface area contributed by atoms with Crippen LogP contribution in [0.1, 0.15) is 66.0 Å². The maximum Gasteiger partial charge on any atom is 0.212 e. The molecule has 0 aliphatic carbocycles. The van der Waals surface area contributed by atoms with Gasteiger partial charge in [0.15, 0.2) is 6.20 Å². The van der Waals surface area contributed by atoms with E-state index in [9.17, 15) is 0 Å². The molecule has 1 aromatic rings. The van der Waals surface area contributed by atoms with E-state index in [0.29, 0.717) is 5.41 Å². The van der Waals surface area contributed by atoms with Crippen LogP contribution in [-0.4, -0.2) is 13.1 Å². The van der Waals surface area contributed by atoms with Crippen LogP contribution in [0.2, 0.25) is 0 Å². The Morgan fingerprint density at radius 2 is 1.57 bits per heavy atom. The summed E-state index contributed by atoms with van der Waals surface area (Å²) < 4.78 is 2.40. The van der Waals surface area contributed by atoms with E-state index in [-0.39, 0.29) is 12.4 Å². The predicted octanol–water partition coefficient (Wildman–Crippen LogP) is 1.10. The zero-order valence-electron chi connectivity index (χ0n) is 14.5. The van der Waals surface area contributed by atoms with Gasteiger partial charge in [0.1, 0.15) is 0 Å². The number of halogens is 1. The Kier molecular flexibility index (Phi) is 9.68. The second-order valence-corrected chi connectivity index (χ2v) is 6.93. The summed E-state index contributed by atoms with van der Waals surface area (Å²) in [7, 11) is 0. The lowest BCUT2D eigenvalue weighted by atomic mass is 9.90. The van der Waals surface area contributed by atoms with Crippen molar-refractivity contribution in [3.8, 4) is 0 Å². The third kappa shape index (κ3) is 7.71. The normalized spacial score (nSPS) is 11.1. The second kappa shape index (κ2) is 10.0. The summed E-state index contributed by atoms with van der Waals surface area (Å²) in [6.45, 7) is 13.8. The van der Waals surface area contributed by atoms with E-state index in [2.05, 4.69) is 68.7 Å². The lowest BCUT2D eigenvalue weighted by Gasteiger charge is -2.22. The standard InChI is InChI=1S/C18H33N2.ClH/c1-6-8-13-19(14-9-7-2)20-15-11-10-12-17(20)16-18(3,4)5;/h10-12,15H,6-9,13-14,16H2,1-5H3;1H/q+1;/p-1. The first-order valence-electron chi connectivity index (χ1n) is 8.22. The Labute approximate surface area is 137 Å². The number of aromatic nitrogens is 1. The average Bonchev–Trinajstić information content (AvgIpc) is 2.38. The minimum atomic E-state index is 0. The third-order valence-electron chi connectivity index (χ3n) is 3.48. The van der Waals surface area contributed by atoms with Crippen LogP contribution >= 0.6 is 0 Å². The van der Waals surface area contributed by atoms with Gasteiger partial charge in [-0.3, -0.25) is 0 Å². The smallest absolute Gasteiger partial charge is 0.212 e. The molecule has 0 N–H and O–H groups in total. The van der Waals surface area contributed by atoms with Gasteiger partial charge in [-0.2, -0.15) is 5.01 Å². The monoisotopic (exact) mass is 312 g/mol. The van der Waals surface area contributed by atoms with E-state index in [1.54, 1.807) is 0 Å². The fourth-order valence-electron chi connectivity index (χ4n) is 2.44. The molecule has 0 atom stereocenters. The minimum absolute atomic E-state index is 0. The van der Waals surface area contributed by atoms with Crippen LogP contribution in [0.25, 0.3) is 0 Å². The predicted molar refractivity (Wildman–Crippen MR) is 87.6 cm³/mol. The summed E-state index contributed by atoms with van der Waals surface area (Å²) >= 11 is 0. The molecular formula is C18H33ClN2. The second-order valence-electron chi connectivity index (χ2n) is 6.93. The highest BCUT2D eigenvalue weighted by atomic mass is 35.5. The first kappa shape index (κ1) is 20.2. The molecule has 122 valence electrons. The SMILES string of the molecule is CCCCN(CCCC)[n+]1ccccc1CC(C)(C)C.[Cl-]. The molecule has 0 bridgehead atoms. The summed E-state index contributed by atoms with van der Waals surface area (Å²) in [5.41, 5.74) is 1.75. The van der Waals surface area contributed by atoms with Gasteiger partial charge >= 0.3 is 0 Å². The van der Waals surface area contributed by atoms with Gasteiger partial charge in [-0.15, -0.1) is 0 Å². The number of unbranched alkanes of at least 4 members (excludes halogenated alkanes) is 2. The lowest BCUT2D eigenvalue weighted by Crippen LogP contribution is -3.00. The zero-order chi connectivity index (χ0) is 15.0. The third-order valence-corrected chi connectivity index (χ3v) is 3.48. The van der Waals surface area contributed by atoms with Gasteiger partial charge in [-0.25, -0.2) is 0 Å². The number of hydrogen-bond acceptors (Lipinski definition) is 1. The Hall–Kier alpha value is -0.760. The first-order chi connectivity index (χ1) is 9.48. The summed E-state index contributed by atoms with van der Waals surface area (Å²) in [6.07, 6.45) is 8.38. The van der Waals surface area contributed by atoms with Crippen LogP contribution in [0, 0.1) is 5.41 Å². The summed E-state index contributed by atoms with van der Waals surface area (Å²) in [6, 6.07) is 6.59. The van der Waals surface area contributed by atoms with Crippen molar-refractivity contribution in [2.45, 2.75) is 66.7 Å². The van der Waals surface area contributed by atoms with E-state index < -0.39 is 0 Å². The molecule has 0 saturated heterocycles. The summed E-state index contributed by atoms with van der Waals surface area (Å²) in [5.74, 6) is 0. The zero-order valence-corrected chi connectivity index (χ0v) is 15.3. The summed E-state index contributed by atoms with van der Waals surface area (Å²) in [4.78, 5) is 0. The van der Waals surface area contributed by atoms with Crippen LogP contribution in [0.3, 0.4) is 0 Å². The molecule has 0 unspecified atom stereocenters. The molecule has 21 heavy (non-hydrogen) atoms. The number of rotatable bonds is 8. The average molecular weight is 313 g/mol. The van der Waals surface area contributed by atoms with Crippen LogP contribution in [-0.2, 0) is 6.42 Å². The number of nitrogens with zero attached hydrogens (tertiary/aromatic N) is 2. The summed E-state index contributed by atoms with van der Waals surface area (Å²) in [5, 5.41) is 2.52. The van der Waals surface area contributed by atoms with Gasteiger partial charge in [0.2, 0.25) is 5.69 Å². The Morgan fingerprint density at radius 1 is 1.00 bits per heavy atom. The molecule has 0 fully saturated rings. The molecule has 0 spiro atoms. The van der Waals surface area contributed by atoms with E-state index in [4.69, 9.17) is 0 Å². The lowest BCUT2D eigenvalue weighted by molar-refractivity contribution is -0.701. The number of pyridine rings is 1. The number of hydrogen-bond donors (Lipinski definition) is 0. The van der Waals surface area contributed by atoms with Crippen molar-refractivity contribution < 1.29 is 17.1 Å². The topological polar surface area (TPSA) is 7.12 Å². The van der Waals surface area contributed by atoms with Gasteiger partial charge < -0.3 is 12.4 Å². The van der Waals surface area contributed by atoms with Crippen LogP contribution < -0.4 is 22.1 Å². The van der Waals surface area contributed by atoms with Gasteiger partial charge in [0, 0.05) is 18.6 Å². The molecule has 3 heteroatoms. The van der Waals surface area contributed by atoms with Crippen molar-refractivity contribution >= 4 is 0 Å². The molecular weight excluding hydrogens is 280 g/mol. The highest BCUT2D eigenvalue weighted by Gasteiger charge is 2.22. The molecule has 1 heterocycles. The van der Waals surface area contributed by atoms with Crippen molar-refractivity contribution in [3.05, 3.63) is 30.1 Å². The highest BCUT2D eigenvalue weighted by molar-refractivity contribution is 5.00. The molecule has 0 saturated carbocycles. The minimum Gasteiger partial charge on any atom is -1.00 e. The molecule has 1 rings (SSSR count). The fraction of sp³-hybridized carbons (Fsp3) is 0.722.